The first-order valence-electron chi connectivity index (χ1n) is 10.3. The summed E-state index contributed by atoms with van der Waals surface area (Å²) in [6.07, 6.45) is 1.45. The number of Topliss-reactive ketones (excluding diaryl/α,β-unsaturated/α-hetero) is 1. The standard InChI is InChI=1S/C23H24N2O7/c1-2-3-10-24-20(15-6-5-9-18(14-15)32-12-11-26)19(22(28)23(24)29)21(27)16-7-4-8-17(13-16)25(30)31/h4-9,13-14,20,26-27H,2-3,10-12H2,1H3/b21-19-. The number of non-ortho nitro benzene ring substituents is 1. The maximum Gasteiger partial charge on any atom is 0.295 e. The van der Waals surface area contributed by atoms with Crippen molar-refractivity contribution in [3.63, 3.8) is 0 Å². The van der Waals surface area contributed by atoms with Crippen LogP contribution in [0.5, 0.6) is 5.75 Å². The third-order valence-electron chi connectivity index (χ3n) is 5.16. The van der Waals surface area contributed by atoms with Crippen molar-refractivity contribution in [2.45, 2.75) is 25.8 Å². The Morgan fingerprint density at radius 2 is 1.94 bits per heavy atom. The highest BCUT2D eigenvalue weighted by atomic mass is 16.6. The third kappa shape index (κ3) is 4.62. The first-order valence-corrected chi connectivity index (χ1v) is 10.3. The molecule has 1 aliphatic heterocycles. The van der Waals surface area contributed by atoms with Gasteiger partial charge in [-0.05, 0) is 24.1 Å². The van der Waals surface area contributed by atoms with Crippen molar-refractivity contribution in [1.82, 2.24) is 4.90 Å². The quantitative estimate of drug-likeness (QED) is 0.201. The monoisotopic (exact) mass is 440 g/mol. The molecule has 1 saturated heterocycles. The number of nitrogens with zero attached hydrogens (tertiary/aromatic N) is 2. The first kappa shape index (κ1) is 23.0. The molecule has 168 valence electrons. The van der Waals surface area contributed by atoms with Crippen LogP contribution < -0.4 is 4.74 Å². The van der Waals surface area contributed by atoms with E-state index in [0.29, 0.717) is 24.3 Å². The Morgan fingerprint density at radius 3 is 2.62 bits per heavy atom. The average Bonchev–Trinajstić information content (AvgIpc) is 3.06. The van der Waals surface area contributed by atoms with Gasteiger partial charge in [0.25, 0.3) is 17.4 Å². The second-order valence-corrected chi connectivity index (χ2v) is 7.30. The molecule has 2 aromatic carbocycles. The summed E-state index contributed by atoms with van der Waals surface area (Å²) in [4.78, 5) is 37.7. The predicted molar refractivity (Wildman–Crippen MR) is 116 cm³/mol. The lowest BCUT2D eigenvalue weighted by Gasteiger charge is -2.25. The fourth-order valence-electron chi connectivity index (χ4n) is 3.65. The second-order valence-electron chi connectivity index (χ2n) is 7.30. The molecular weight excluding hydrogens is 416 g/mol. The number of hydrogen-bond acceptors (Lipinski definition) is 7. The van der Waals surface area contributed by atoms with Gasteiger partial charge >= 0.3 is 0 Å². The van der Waals surface area contributed by atoms with Crippen LogP contribution in [0.4, 0.5) is 5.69 Å². The number of amides is 1. The van der Waals surface area contributed by atoms with Gasteiger partial charge in [-0.25, -0.2) is 0 Å². The topological polar surface area (TPSA) is 130 Å². The van der Waals surface area contributed by atoms with E-state index in [1.54, 1.807) is 24.3 Å². The summed E-state index contributed by atoms with van der Waals surface area (Å²) in [7, 11) is 0. The third-order valence-corrected chi connectivity index (χ3v) is 5.16. The molecule has 9 nitrogen and oxygen atoms in total. The van der Waals surface area contributed by atoms with Gasteiger partial charge in [0, 0.05) is 24.2 Å². The molecule has 0 aromatic heterocycles. The summed E-state index contributed by atoms with van der Waals surface area (Å²) >= 11 is 0. The number of aliphatic hydroxyl groups excluding tert-OH is 2. The van der Waals surface area contributed by atoms with Crippen LogP contribution in [-0.2, 0) is 9.59 Å². The molecule has 0 radical (unpaired) electrons. The van der Waals surface area contributed by atoms with Gasteiger partial charge < -0.3 is 19.8 Å². The Labute approximate surface area is 184 Å². The van der Waals surface area contributed by atoms with Crippen molar-refractivity contribution in [2.24, 2.45) is 0 Å². The maximum atomic E-state index is 12.9. The summed E-state index contributed by atoms with van der Waals surface area (Å²) in [5.41, 5.74) is 0.240. The molecule has 32 heavy (non-hydrogen) atoms. The molecule has 0 bridgehead atoms. The van der Waals surface area contributed by atoms with E-state index in [0.717, 1.165) is 12.5 Å². The number of unbranched alkanes of at least 4 members (excludes halogenated alkanes) is 1. The molecule has 0 spiro atoms. The van der Waals surface area contributed by atoms with Crippen LogP contribution in [0.2, 0.25) is 0 Å². The number of hydrogen-bond donors (Lipinski definition) is 2. The van der Waals surface area contributed by atoms with Gasteiger partial charge in [-0.1, -0.05) is 37.6 Å². The molecule has 2 aromatic rings. The summed E-state index contributed by atoms with van der Waals surface area (Å²) in [5, 5.41) is 31.1. The van der Waals surface area contributed by atoms with Crippen molar-refractivity contribution in [1.29, 1.82) is 0 Å². The summed E-state index contributed by atoms with van der Waals surface area (Å²) in [5.74, 6) is -1.63. The second kappa shape index (κ2) is 10.1. The van der Waals surface area contributed by atoms with E-state index >= 15 is 0 Å². The van der Waals surface area contributed by atoms with Crippen LogP contribution in [0.3, 0.4) is 0 Å². The zero-order valence-corrected chi connectivity index (χ0v) is 17.6. The highest BCUT2D eigenvalue weighted by molar-refractivity contribution is 6.46. The van der Waals surface area contributed by atoms with Gasteiger partial charge in [0.15, 0.2) is 0 Å². The lowest BCUT2D eigenvalue weighted by atomic mass is 9.95. The van der Waals surface area contributed by atoms with E-state index in [9.17, 15) is 24.8 Å². The summed E-state index contributed by atoms with van der Waals surface area (Å²) in [6, 6.07) is 11.1. The normalized spacial score (nSPS) is 17.6. The van der Waals surface area contributed by atoms with Gasteiger partial charge in [-0.3, -0.25) is 19.7 Å². The van der Waals surface area contributed by atoms with Crippen molar-refractivity contribution < 1.29 is 29.5 Å². The van der Waals surface area contributed by atoms with Gasteiger partial charge in [0.2, 0.25) is 0 Å². The number of nitro groups is 1. The Balaban J connectivity index is 2.15. The molecule has 0 saturated carbocycles. The van der Waals surface area contributed by atoms with E-state index in [1.807, 2.05) is 6.92 Å². The Bertz CT molecular complexity index is 1060. The van der Waals surface area contributed by atoms with E-state index in [-0.39, 0.29) is 30.0 Å². The Kier molecular flexibility index (Phi) is 7.21. The molecule has 3 rings (SSSR count). The number of ketones is 1. The zero-order chi connectivity index (χ0) is 23.3. The number of likely N-dealkylation sites (tertiary alicyclic amines) is 1. The fraction of sp³-hybridized carbons (Fsp3) is 0.304. The maximum absolute atomic E-state index is 12.9. The van der Waals surface area contributed by atoms with Gasteiger partial charge in [-0.2, -0.15) is 0 Å². The predicted octanol–water partition coefficient (Wildman–Crippen LogP) is 3.19. The molecule has 1 amide bonds. The number of nitro benzene ring substituents is 1. The van der Waals surface area contributed by atoms with Crippen LogP contribution in [0.1, 0.15) is 36.9 Å². The molecule has 1 unspecified atom stereocenters. The van der Waals surface area contributed by atoms with Gasteiger partial charge in [-0.15, -0.1) is 0 Å². The molecule has 1 heterocycles. The largest absolute Gasteiger partial charge is 0.507 e. The number of carbonyl (C=O) groups excluding carboxylic acids is 2. The number of carbonyl (C=O) groups is 2. The minimum atomic E-state index is -0.876. The molecular formula is C23H24N2O7. The zero-order valence-electron chi connectivity index (χ0n) is 17.6. The highest BCUT2D eigenvalue weighted by Gasteiger charge is 2.45. The molecule has 2 N–H and O–H groups in total. The smallest absolute Gasteiger partial charge is 0.295 e. The van der Waals surface area contributed by atoms with Crippen molar-refractivity contribution in [2.75, 3.05) is 19.8 Å². The van der Waals surface area contributed by atoms with Crippen LogP contribution >= 0.6 is 0 Å². The molecule has 9 heteroatoms. The van der Waals surface area contributed by atoms with E-state index in [2.05, 4.69) is 0 Å². The summed E-state index contributed by atoms with van der Waals surface area (Å²) < 4.78 is 5.46. The molecule has 1 aliphatic rings. The van der Waals surface area contributed by atoms with Crippen LogP contribution in [0, 0.1) is 10.1 Å². The SMILES string of the molecule is CCCCN1C(=O)C(=O)/C(=C(\O)c2cccc([N+](=O)[O-])c2)C1c1cccc(OCCO)c1. The highest BCUT2D eigenvalue weighted by Crippen LogP contribution is 2.40. The molecule has 1 atom stereocenters. The Morgan fingerprint density at radius 1 is 1.19 bits per heavy atom. The van der Waals surface area contributed by atoms with E-state index in [1.165, 1.54) is 23.1 Å². The number of benzene rings is 2. The van der Waals surface area contributed by atoms with Crippen LogP contribution in [-0.4, -0.2) is 51.5 Å². The first-order chi connectivity index (χ1) is 15.4. The summed E-state index contributed by atoms with van der Waals surface area (Å²) in [6.45, 7) is 2.16. The van der Waals surface area contributed by atoms with E-state index in [4.69, 9.17) is 9.84 Å². The number of rotatable bonds is 9. The Hall–Kier alpha value is -3.72. The van der Waals surface area contributed by atoms with Gasteiger partial charge in [0.05, 0.1) is 23.1 Å². The average molecular weight is 440 g/mol. The van der Waals surface area contributed by atoms with Crippen LogP contribution in [0.15, 0.2) is 54.1 Å². The fourth-order valence-corrected chi connectivity index (χ4v) is 3.65. The lowest BCUT2D eigenvalue weighted by Crippen LogP contribution is -2.30. The van der Waals surface area contributed by atoms with Gasteiger partial charge in [0.1, 0.15) is 18.1 Å². The lowest BCUT2D eigenvalue weighted by molar-refractivity contribution is -0.384. The van der Waals surface area contributed by atoms with Crippen molar-refractivity contribution in [3.05, 3.63) is 75.3 Å². The molecule has 0 aliphatic carbocycles. The van der Waals surface area contributed by atoms with Crippen LogP contribution in [0.25, 0.3) is 5.76 Å². The molecule has 1 fully saturated rings. The van der Waals surface area contributed by atoms with Crippen molar-refractivity contribution in [3.8, 4) is 5.75 Å². The minimum absolute atomic E-state index is 0.0744. The minimum Gasteiger partial charge on any atom is -0.507 e. The number of ether oxygens (including phenoxy) is 1. The van der Waals surface area contributed by atoms with E-state index < -0.39 is 28.4 Å². The van der Waals surface area contributed by atoms with Crippen molar-refractivity contribution >= 4 is 23.1 Å². The number of aliphatic hydroxyl groups is 2.